The summed E-state index contributed by atoms with van der Waals surface area (Å²) < 4.78 is 5.22. The van der Waals surface area contributed by atoms with Gasteiger partial charge in [-0.2, -0.15) is 0 Å². The lowest BCUT2D eigenvalue weighted by atomic mass is 10.0. The van der Waals surface area contributed by atoms with Gasteiger partial charge in [-0.05, 0) is 50.1 Å². The third kappa shape index (κ3) is 3.31. The number of rotatable bonds is 5. The Morgan fingerprint density at radius 1 is 1.17 bits per heavy atom. The van der Waals surface area contributed by atoms with Crippen molar-refractivity contribution in [3.63, 3.8) is 0 Å². The van der Waals surface area contributed by atoms with E-state index in [1.54, 1.807) is 7.11 Å². The highest BCUT2D eigenvalue weighted by atomic mass is 32.2. The molecule has 0 radical (unpaired) electrons. The lowest BCUT2D eigenvalue weighted by Crippen LogP contribution is -2.14. The fraction of sp³-hybridized carbons (Fsp3) is 0.263. The molecule has 0 spiro atoms. The second-order valence-corrected chi connectivity index (χ2v) is 7.18. The maximum absolute atomic E-state index is 12.6. The Balaban J connectivity index is 1.79. The number of hydrogen-bond donors (Lipinski definition) is 1. The maximum atomic E-state index is 12.6. The van der Waals surface area contributed by atoms with Gasteiger partial charge < -0.3 is 9.72 Å². The van der Waals surface area contributed by atoms with E-state index >= 15 is 0 Å². The average Bonchev–Trinajstić information content (AvgIpc) is 2.97. The number of hydrogen-bond acceptors (Lipinski definition) is 4. The number of aromatic nitrogens is 2. The van der Waals surface area contributed by atoms with Crippen molar-refractivity contribution in [2.45, 2.75) is 31.2 Å². The topological polar surface area (TPSA) is 55.0 Å². The number of ketones is 1. The van der Waals surface area contributed by atoms with E-state index in [4.69, 9.17) is 4.74 Å². The van der Waals surface area contributed by atoms with Crippen molar-refractivity contribution in [3.05, 3.63) is 53.1 Å². The van der Waals surface area contributed by atoms with Crippen LogP contribution in [0, 0.1) is 13.8 Å². The minimum Gasteiger partial charge on any atom is -0.497 e. The molecule has 0 aliphatic carbocycles. The van der Waals surface area contributed by atoms with Crippen molar-refractivity contribution in [1.29, 1.82) is 0 Å². The van der Waals surface area contributed by atoms with Gasteiger partial charge >= 0.3 is 0 Å². The molecule has 3 aromatic rings. The molecule has 124 valence electrons. The highest BCUT2D eigenvalue weighted by Gasteiger charge is 2.18. The molecule has 0 amide bonds. The number of fused-ring (bicyclic) bond motifs is 1. The van der Waals surface area contributed by atoms with Crippen LogP contribution in [-0.4, -0.2) is 28.1 Å². The van der Waals surface area contributed by atoms with Crippen LogP contribution in [0.4, 0.5) is 0 Å². The number of aromatic amines is 1. The molecule has 0 aliphatic heterocycles. The van der Waals surface area contributed by atoms with Crippen LogP contribution in [-0.2, 0) is 0 Å². The molecule has 24 heavy (non-hydrogen) atoms. The van der Waals surface area contributed by atoms with E-state index in [0.29, 0.717) is 0 Å². The smallest absolute Gasteiger partial charge is 0.176 e. The lowest BCUT2D eigenvalue weighted by molar-refractivity contribution is 0.0994. The van der Waals surface area contributed by atoms with Gasteiger partial charge in [0.1, 0.15) is 5.75 Å². The predicted molar refractivity (Wildman–Crippen MR) is 98.2 cm³/mol. The molecule has 0 bridgehead atoms. The summed E-state index contributed by atoms with van der Waals surface area (Å²) in [7, 11) is 1.64. The van der Waals surface area contributed by atoms with Crippen LogP contribution in [0.3, 0.4) is 0 Å². The van der Waals surface area contributed by atoms with Crippen LogP contribution < -0.4 is 4.74 Å². The molecule has 1 atom stereocenters. The van der Waals surface area contributed by atoms with Gasteiger partial charge in [0.2, 0.25) is 0 Å². The van der Waals surface area contributed by atoms with Gasteiger partial charge in [-0.25, -0.2) is 4.98 Å². The number of carbonyl (C=O) groups is 1. The van der Waals surface area contributed by atoms with Gasteiger partial charge in [-0.1, -0.05) is 23.9 Å². The van der Waals surface area contributed by atoms with Crippen molar-refractivity contribution >= 4 is 28.6 Å². The highest BCUT2D eigenvalue weighted by molar-refractivity contribution is 8.00. The normalized spacial score (nSPS) is 12.3. The van der Waals surface area contributed by atoms with Crippen molar-refractivity contribution in [1.82, 2.24) is 9.97 Å². The Kier molecular flexibility index (Phi) is 4.62. The highest BCUT2D eigenvalue weighted by Crippen LogP contribution is 2.27. The fourth-order valence-electron chi connectivity index (χ4n) is 2.50. The predicted octanol–water partition coefficient (Wildman–Crippen LogP) is 4.55. The number of aryl methyl sites for hydroxylation is 2. The van der Waals surface area contributed by atoms with E-state index in [0.717, 1.165) is 33.1 Å². The SMILES string of the molecule is COc1ccc2nc(S[C@@H](C)C(=O)c3ccc(C)c(C)c3)[nH]c2c1. The standard InChI is InChI=1S/C19H20N2O2S/c1-11-5-6-14(9-12(11)2)18(22)13(3)24-19-20-16-8-7-15(23-4)10-17(16)21-19/h5-10,13H,1-4H3,(H,20,21)/t13-/m0/s1. The number of H-pyrrole nitrogens is 1. The monoisotopic (exact) mass is 340 g/mol. The first kappa shape index (κ1) is 16.6. The summed E-state index contributed by atoms with van der Waals surface area (Å²) >= 11 is 1.44. The van der Waals surface area contributed by atoms with Gasteiger partial charge in [0.25, 0.3) is 0 Å². The van der Waals surface area contributed by atoms with Crippen LogP contribution in [0.15, 0.2) is 41.6 Å². The largest absolute Gasteiger partial charge is 0.497 e. The number of thioether (sulfide) groups is 1. The minimum absolute atomic E-state index is 0.112. The zero-order valence-corrected chi connectivity index (χ0v) is 15.0. The lowest BCUT2D eigenvalue weighted by Gasteiger charge is -2.10. The molecule has 5 heteroatoms. The molecule has 0 fully saturated rings. The molecule has 1 aromatic heterocycles. The molecule has 2 aromatic carbocycles. The maximum Gasteiger partial charge on any atom is 0.176 e. The minimum atomic E-state index is -0.213. The number of nitrogens with zero attached hydrogens (tertiary/aromatic N) is 1. The molecular formula is C19H20N2O2S. The van der Waals surface area contributed by atoms with E-state index in [9.17, 15) is 4.79 Å². The first-order valence-electron chi connectivity index (χ1n) is 7.80. The van der Waals surface area contributed by atoms with Crippen LogP contribution >= 0.6 is 11.8 Å². The Morgan fingerprint density at radius 3 is 2.67 bits per heavy atom. The first-order chi connectivity index (χ1) is 11.5. The van der Waals surface area contributed by atoms with Gasteiger partial charge in [0, 0.05) is 11.6 Å². The Hall–Kier alpha value is -2.27. The first-order valence-corrected chi connectivity index (χ1v) is 8.68. The van der Waals surface area contributed by atoms with Crippen LogP contribution in [0.5, 0.6) is 5.75 Å². The number of ether oxygens (including phenoxy) is 1. The zero-order valence-electron chi connectivity index (χ0n) is 14.2. The molecule has 1 N–H and O–H groups in total. The second-order valence-electron chi connectivity index (χ2n) is 5.85. The summed E-state index contributed by atoms with van der Waals surface area (Å²) in [5, 5.41) is 0.525. The molecule has 0 saturated heterocycles. The number of benzene rings is 2. The summed E-state index contributed by atoms with van der Waals surface area (Å²) in [5.74, 6) is 0.892. The van der Waals surface area contributed by atoms with Crippen molar-refractivity contribution in [3.8, 4) is 5.75 Å². The van der Waals surface area contributed by atoms with Crippen LogP contribution in [0.25, 0.3) is 11.0 Å². The van der Waals surface area contributed by atoms with Crippen molar-refractivity contribution in [2.75, 3.05) is 7.11 Å². The van der Waals surface area contributed by atoms with E-state index in [1.165, 1.54) is 17.3 Å². The average molecular weight is 340 g/mol. The number of carbonyl (C=O) groups excluding carboxylic acids is 1. The zero-order chi connectivity index (χ0) is 17.3. The Bertz CT molecular complexity index is 902. The number of nitrogens with one attached hydrogen (secondary N) is 1. The van der Waals surface area contributed by atoms with Gasteiger partial charge in [-0.3, -0.25) is 4.79 Å². The summed E-state index contributed by atoms with van der Waals surface area (Å²) in [4.78, 5) is 20.4. The summed E-state index contributed by atoms with van der Waals surface area (Å²) in [6, 6.07) is 11.5. The third-order valence-corrected chi connectivity index (χ3v) is 5.10. The van der Waals surface area contributed by atoms with Crippen molar-refractivity contribution < 1.29 is 9.53 Å². The van der Waals surface area contributed by atoms with Crippen LogP contribution in [0.1, 0.15) is 28.4 Å². The molecule has 0 unspecified atom stereocenters. The molecule has 0 saturated carbocycles. The van der Waals surface area contributed by atoms with Gasteiger partial charge in [-0.15, -0.1) is 0 Å². The Morgan fingerprint density at radius 2 is 1.96 bits per heavy atom. The Labute approximate surface area is 145 Å². The number of methoxy groups -OCH3 is 1. The molecule has 4 nitrogen and oxygen atoms in total. The fourth-order valence-corrected chi connectivity index (χ4v) is 3.40. The van der Waals surface area contributed by atoms with Gasteiger partial charge in [0.15, 0.2) is 10.9 Å². The quantitative estimate of drug-likeness (QED) is 0.547. The van der Waals surface area contributed by atoms with E-state index in [2.05, 4.69) is 9.97 Å². The van der Waals surface area contributed by atoms with Crippen LogP contribution in [0.2, 0.25) is 0 Å². The second kappa shape index (κ2) is 6.69. The van der Waals surface area contributed by atoms with E-state index in [-0.39, 0.29) is 11.0 Å². The molecule has 0 aliphatic rings. The van der Waals surface area contributed by atoms with Gasteiger partial charge in [0.05, 0.1) is 23.4 Å². The molecular weight excluding hydrogens is 320 g/mol. The van der Waals surface area contributed by atoms with Crippen molar-refractivity contribution in [2.24, 2.45) is 0 Å². The number of imidazole rings is 1. The molecule has 1 heterocycles. The third-order valence-electron chi connectivity index (χ3n) is 4.12. The summed E-state index contributed by atoms with van der Waals surface area (Å²) in [6.07, 6.45) is 0. The summed E-state index contributed by atoms with van der Waals surface area (Å²) in [5.41, 5.74) is 4.84. The van der Waals surface area contributed by atoms with E-state index in [1.807, 2.05) is 57.2 Å². The molecule has 3 rings (SSSR count). The van der Waals surface area contributed by atoms with E-state index < -0.39 is 0 Å². The summed E-state index contributed by atoms with van der Waals surface area (Å²) in [6.45, 7) is 5.98. The number of Topliss-reactive ketones (excluding diaryl/α,β-unsaturated/α-hetero) is 1.